The maximum Gasteiger partial charge on any atom is 0.233 e. The molecule has 1 atom stereocenters. The van der Waals surface area contributed by atoms with Crippen molar-refractivity contribution < 1.29 is 14.6 Å². The molecule has 6 heteroatoms. The molecule has 0 saturated heterocycles. The Balaban J connectivity index is 2.26. The summed E-state index contributed by atoms with van der Waals surface area (Å²) in [6.07, 6.45) is -0.669. The van der Waals surface area contributed by atoms with Gasteiger partial charge in [-0.25, -0.2) is 0 Å². The molecule has 0 aromatic heterocycles. The van der Waals surface area contributed by atoms with E-state index in [0.717, 1.165) is 10.0 Å². The van der Waals surface area contributed by atoms with E-state index in [1.165, 1.54) is 0 Å². The Bertz CT molecular complexity index is 440. The van der Waals surface area contributed by atoms with E-state index in [9.17, 15) is 9.90 Å². The van der Waals surface area contributed by atoms with E-state index in [4.69, 9.17) is 4.74 Å². The predicted molar refractivity (Wildman–Crippen MR) is 81.9 cm³/mol. The van der Waals surface area contributed by atoms with Crippen molar-refractivity contribution in [2.24, 2.45) is 0 Å². The van der Waals surface area contributed by atoms with Crippen LogP contribution in [0.3, 0.4) is 0 Å². The van der Waals surface area contributed by atoms with E-state index in [-0.39, 0.29) is 19.1 Å². The van der Waals surface area contributed by atoms with Gasteiger partial charge in [0.1, 0.15) is 18.5 Å². The molecule has 0 aliphatic heterocycles. The molecule has 1 amide bonds. The van der Waals surface area contributed by atoms with E-state index >= 15 is 0 Å². The fourth-order valence-corrected chi connectivity index (χ4v) is 2.19. The van der Waals surface area contributed by atoms with E-state index < -0.39 is 6.10 Å². The zero-order valence-corrected chi connectivity index (χ0v) is 13.4. The average molecular weight is 345 g/mol. The van der Waals surface area contributed by atoms with E-state index in [1.54, 1.807) is 0 Å². The Kier molecular flexibility index (Phi) is 7.58. The van der Waals surface area contributed by atoms with Crippen LogP contribution in [-0.4, -0.2) is 43.4 Å². The molecule has 1 rings (SSSR count). The Morgan fingerprint density at radius 1 is 1.50 bits per heavy atom. The van der Waals surface area contributed by atoms with Crippen molar-refractivity contribution in [3.8, 4) is 5.75 Å². The minimum Gasteiger partial charge on any atom is -0.490 e. The van der Waals surface area contributed by atoms with Gasteiger partial charge in [0.25, 0.3) is 0 Å². The smallest absolute Gasteiger partial charge is 0.233 e. The van der Waals surface area contributed by atoms with Gasteiger partial charge in [0.05, 0.1) is 11.0 Å². The van der Waals surface area contributed by atoms with Gasteiger partial charge in [-0.15, -0.1) is 0 Å². The third-order valence-electron chi connectivity index (χ3n) is 2.56. The number of carbonyl (C=O) groups is 1. The van der Waals surface area contributed by atoms with Crippen LogP contribution in [0.4, 0.5) is 0 Å². The molecule has 0 fully saturated rings. The number of aliphatic hydroxyl groups excluding tert-OH is 1. The second kappa shape index (κ2) is 8.94. The number of amides is 1. The lowest BCUT2D eigenvalue weighted by Crippen LogP contribution is -2.38. The molecule has 3 N–H and O–H groups in total. The molecule has 0 aliphatic carbocycles. The lowest BCUT2D eigenvalue weighted by molar-refractivity contribution is -0.120. The number of likely N-dealkylation sites (N-methyl/N-ethyl adjacent to an activating group) is 1. The normalized spacial score (nSPS) is 12.0. The SMILES string of the molecule is CCNC(=O)CNCC(O)COc1ccc(C)cc1Br. The van der Waals surface area contributed by atoms with Crippen molar-refractivity contribution in [1.82, 2.24) is 10.6 Å². The number of aliphatic hydroxyl groups is 1. The Morgan fingerprint density at radius 3 is 2.90 bits per heavy atom. The topological polar surface area (TPSA) is 70.6 Å². The lowest BCUT2D eigenvalue weighted by Gasteiger charge is -2.14. The molecule has 0 spiro atoms. The van der Waals surface area contributed by atoms with Crippen molar-refractivity contribution in [3.63, 3.8) is 0 Å². The van der Waals surface area contributed by atoms with E-state index in [1.807, 2.05) is 32.0 Å². The number of hydrogen-bond donors (Lipinski definition) is 3. The van der Waals surface area contributed by atoms with Gasteiger partial charge in [-0.3, -0.25) is 4.79 Å². The highest BCUT2D eigenvalue weighted by atomic mass is 79.9. The van der Waals surface area contributed by atoms with Gasteiger partial charge in [-0.05, 0) is 47.5 Å². The number of hydrogen-bond acceptors (Lipinski definition) is 4. The number of ether oxygens (including phenoxy) is 1. The summed E-state index contributed by atoms with van der Waals surface area (Å²) in [5, 5.41) is 15.3. The summed E-state index contributed by atoms with van der Waals surface area (Å²) in [7, 11) is 0. The van der Waals surface area contributed by atoms with Crippen LogP contribution in [0.2, 0.25) is 0 Å². The second-order valence-corrected chi connectivity index (χ2v) is 5.34. The Morgan fingerprint density at radius 2 is 2.25 bits per heavy atom. The molecule has 0 bridgehead atoms. The van der Waals surface area contributed by atoms with Crippen molar-refractivity contribution in [2.75, 3.05) is 26.2 Å². The van der Waals surface area contributed by atoms with Crippen molar-refractivity contribution in [3.05, 3.63) is 28.2 Å². The summed E-state index contributed by atoms with van der Waals surface area (Å²) in [4.78, 5) is 11.2. The van der Waals surface area contributed by atoms with Crippen LogP contribution < -0.4 is 15.4 Å². The van der Waals surface area contributed by atoms with Crippen LogP contribution >= 0.6 is 15.9 Å². The summed E-state index contributed by atoms with van der Waals surface area (Å²) >= 11 is 3.41. The van der Waals surface area contributed by atoms with Gasteiger partial charge in [-0.2, -0.15) is 0 Å². The number of nitrogens with one attached hydrogen (secondary N) is 2. The Labute approximate surface area is 127 Å². The van der Waals surface area contributed by atoms with Crippen LogP contribution in [0, 0.1) is 6.92 Å². The summed E-state index contributed by atoms with van der Waals surface area (Å²) in [6, 6.07) is 5.75. The largest absolute Gasteiger partial charge is 0.490 e. The van der Waals surface area contributed by atoms with Gasteiger partial charge in [-0.1, -0.05) is 6.07 Å². The molecular weight excluding hydrogens is 324 g/mol. The summed E-state index contributed by atoms with van der Waals surface area (Å²) in [5.41, 5.74) is 1.13. The first-order valence-corrected chi connectivity index (χ1v) is 7.36. The van der Waals surface area contributed by atoms with E-state index in [2.05, 4.69) is 26.6 Å². The lowest BCUT2D eigenvalue weighted by atomic mass is 10.2. The molecule has 112 valence electrons. The molecule has 0 radical (unpaired) electrons. The summed E-state index contributed by atoms with van der Waals surface area (Å²) < 4.78 is 6.38. The molecule has 1 aromatic carbocycles. The maximum atomic E-state index is 11.2. The molecular formula is C14H21BrN2O3. The molecule has 0 heterocycles. The molecule has 0 aliphatic rings. The van der Waals surface area contributed by atoms with Crippen LogP contribution in [0.1, 0.15) is 12.5 Å². The first-order chi connectivity index (χ1) is 9.52. The highest BCUT2D eigenvalue weighted by Crippen LogP contribution is 2.25. The third-order valence-corrected chi connectivity index (χ3v) is 3.18. The van der Waals surface area contributed by atoms with Crippen LogP contribution in [0.25, 0.3) is 0 Å². The van der Waals surface area contributed by atoms with Crippen LogP contribution in [0.5, 0.6) is 5.75 Å². The van der Waals surface area contributed by atoms with Crippen LogP contribution in [0.15, 0.2) is 22.7 Å². The van der Waals surface area contributed by atoms with Gasteiger partial charge < -0.3 is 20.5 Å². The fraction of sp³-hybridized carbons (Fsp3) is 0.500. The number of carbonyl (C=O) groups excluding carboxylic acids is 1. The molecule has 1 aromatic rings. The minimum atomic E-state index is -0.669. The van der Waals surface area contributed by atoms with Gasteiger partial charge in [0.15, 0.2) is 0 Å². The minimum absolute atomic E-state index is 0.0816. The Hall–Kier alpha value is -1.11. The van der Waals surface area contributed by atoms with Gasteiger partial charge >= 0.3 is 0 Å². The molecule has 0 saturated carbocycles. The first-order valence-electron chi connectivity index (χ1n) is 6.57. The highest BCUT2D eigenvalue weighted by Gasteiger charge is 2.08. The molecule has 5 nitrogen and oxygen atoms in total. The van der Waals surface area contributed by atoms with Gasteiger partial charge in [0.2, 0.25) is 5.91 Å². The standard InChI is InChI=1S/C14H21BrN2O3/c1-3-17-14(19)8-16-7-11(18)9-20-13-5-4-10(2)6-12(13)15/h4-6,11,16,18H,3,7-9H2,1-2H3,(H,17,19). The van der Waals surface area contributed by atoms with Crippen molar-refractivity contribution in [2.45, 2.75) is 20.0 Å². The monoisotopic (exact) mass is 344 g/mol. The molecule has 1 unspecified atom stereocenters. The van der Waals surface area contributed by atoms with Crippen molar-refractivity contribution >= 4 is 21.8 Å². The van der Waals surface area contributed by atoms with Crippen molar-refractivity contribution in [1.29, 1.82) is 0 Å². The zero-order chi connectivity index (χ0) is 15.0. The third kappa shape index (κ3) is 6.36. The quantitative estimate of drug-likeness (QED) is 0.663. The zero-order valence-electron chi connectivity index (χ0n) is 11.8. The van der Waals surface area contributed by atoms with Gasteiger partial charge in [0, 0.05) is 13.1 Å². The second-order valence-electron chi connectivity index (χ2n) is 4.48. The molecule has 20 heavy (non-hydrogen) atoms. The number of halogens is 1. The summed E-state index contributed by atoms with van der Waals surface area (Å²) in [6.45, 7) is 5.13. The number of rotatable bonds is 8. The number of aryl methyl sites for hydroxylation is 1. The summed E-state index contributed by atoms with van der Waals surface area (Å²) in [5.74, 6) is 0.611. The fourth-order valence-electron chi connectivity index (χ4n) is 1.58. The van der Waals surface area contributed by atoms with Crippen LogP contribution in [-0.2, 0) is 4.79 Å². The predicted octanol–water partition coefficient (Wildman–Crippen LogP) is 1.22. The number of benzene rings is 1. The first kappa shape index (κ1) is 16.9. The maximum absolute atomic E-state index is 11.2. The average Bonchev–Trinajstić information content (AvgIpc) is 2.38. The highest BCUT2D eigenvalue weighted by molar-refractivity contribution is 9.10. The van der Waals surface area contributed by atoms with E-state index in [0.29, 0.717) is 18.8 Å².